The van der Waals surface area contributed by atoms with Crippen molar-refractivity contribution < 1.29 is 24.9 Å². The Bertz CT molecular complexity index is 666. The zero-order valence-corrected chi connectivity index (χ0v) is 30.8. The maximum absolute atomic E-state index is 12.7. The van der Waals surface area contributed by atoms with Gasteiger partial charge >= 0.3 is 0 Å². The van der Waals surface area contributed by atoms with Crippen molar-refractivity contribution in [1.82, 2.24) is 5.32 Å². The standard InChI is InChI=1S/C40H79NO5/c1-3-5-7-9-11-13-15-17-19-21-23-25-27-29-31-33-37(44)39(46)40(35-42,36-43)41-38(45)34-32-30-28-26-24-22-20-18-16-14-12-10-8-6-4-2/h39,42-43,46H,3-36H2,1-2H3,(H,41,45). The zero-order valence-electron chi connectivity index (χ0n) is 30.8. The number of hydrogen-bond donors (Lipinski definition) is 4. The number of nitrogens with one attached hydrogen (secondary N) is 1. The first-order chi connectivity index (χ1) is 22.5. The molecule has 0 spiro atoms. The Morgan fingerprint density at radius 3 is 1.00 bits per heavy atom. The molecule has 0 saturated carbocycles. The molecule has 0 heterocycles. The van der Waals surface area contributed by atoms with Gasteiger partial charge in [-0.2, -0.15) is 0 Å². The number of carbonyl (C=O) groups is 2. The molecule has 0 radical (unpaired) electrons. The summed E-state index contributed by atoms with van der Waals surface area (Å²) >= 11 is 0. The van der Waals surface area contributed by atoms with Crippen molar-refractivity contribution in [2.24, 2.45) is 0 Å². The highest BCUT2D eigenvalue weighted by molar-refractivity contribution is 5.86. The van der Waals surface area contributed by atoms with Crippen LogP contribution in [0.4, 0.5) is 0 Å². The van der Waals surface area contributed by atoms with Crippen LogP contribution in [0.1, 0.15) is 219 Å². The lowest BCUT2D eigenvalue weighted by Crippen LogP contribution is -2.64. The minimum atomic E-state index is -1.72. The lowest BCUT2D eigenvalue weighted by molar-refractivity contribution is -0.139. The lowest BCUT2D eigenvalue weighted by atomic mass is 9.88. The minimum Gasteiger partial charge on any atom is -0.394 e. The molecule has 0 rings (SSSR count). The zero-order chi connectivity index (χ0) is 34.0. The van der Waals surface area contributed by atoms with Crippen molar-refractivity contribution in [1.29, 1.82) is 0 Å². The molecule has 0 aliphatic rings. The summed E-state index contributed by atoms with van der Waals surface area (Å²) in [7, 11) is 0. The van der Waals surface area contributed by atoms with Crippen LogP contribution in [0.15, 0.2) is 0 Å². The van der Waals surface area contributed by atoms with E-state index in [-0.39, 0.29) is 18.7 Å². The number of Topliss-reactive ketones (excluding diaryl/α,β-unsaturated/α-hetero) is 1. The third kappa shape index (κ3) is 26.0. The monoisotopic (exact) mass is 654 g/mol. The van der Waals surface area contributed by atoms with Gasteiger partial charge in [-0.15, -0.1) is 0 Å². The molecule has 0 saturated heterocycles. The predicted octanol–water partition coefficient (Wildman–Crippen LogP) is 10.3. The molecule has 1 amide bonds. The fourth-order valence-electron chi connectivity index (χ4n) is 6.48. The van der Waals surface area contributed by atoms with Gasteiger partial charge in [-0.25, -0.2) is 0 Å². The van der Waals surface area contributed by atoms with Gasteiger partial charge in [0.15, 0.2) is 5.78 Å². The number of ketones is 1. The highest BCUT2D eigenvalue weighted by Crippen LogP contribution is 2.18. The van der Waals surface area contributed by atoms with E-state index in [2.05, 4.69) is 19.2 Å². The van der Waals surface area contributed by atoms with Crippen LogP contribution in [0.2, 0.25) is 0 Å². The van der Waals surface area contributed by atoms with Gasteiger partial charge in [0.2, 0.25) is 5.91 Å². The van der Waals surface area contributed by atoms with Crippen LogP contribution in [0.3, 0.4) is 0 Å². The van der Waals surface area contributed by atoms with Crippen LogP contribution in [-0.4, -0.2) is 51.9 Å². The number of rotatable bonds is 37. The van der Waals surface area contributed by atoms with Gasteiger partial charge in [-0.1, -0.05) is 194 Å². The number of unbranched alkanes of at least 4 members (excludes halogenated alkanes) is 28. The van der Waals surface area contributed by atoms with Crippen molar-refractivity contribution >= 4 is 11.7 Å². The van der Waals surface area contributed by atoms with Crippen LogP contribution in [-0.2, 0) is 9.59 Å². The minimum absolute atomic E-state index is 0.191. The second kappa shape index (κ2) is 33.9. The topological polar surface area (TPSA) is 107 Å². The summed E-state index contributed by atoms with van der Waals surface area (Å²) in [6, 6.07) is 0. The van der Waals surface area contributed by atoms with Crippen molar-refractivity contribution in [3.63, 3.8) is 0 Å². The SMILES string of the molecule is CCCCCCCCCCCCCCCCCC(=O)NC(CO)(CO)C(O)C(=O)CCCCCCCCCCCCCCCCC. The molecular weight excluding hydrogens is 574 g/mol. The van der Waals surface area contributed by atoms with E-state index >= 15 is 0 Å². The summed E-state index contributed by atoms with van der Waals surface area (Å²) in [4.78, 5) is 25.3. The van der Waals surface area contributed by atoms with Crippen LogP contribution in [0.25, 0.3) is 0 Å². The molecule has 1 unspecified atom stereocenters. The fourth-order valence-corrected chi connectivity index (χ4v) is 6.48. The molecular formula is C40H79NO5. The second-order valence-corrected chi connectivity index (χ2v) is 14.3. The van der Waals surface area contributed by atoms with E-state index in [0.717, 1.165) is 32.1 Å². The largest absolute Gasteiger partial charge is 0.394 e. The number of hydrogen-bond acceptors (Lipinski definition) is 5. The Morgan fingerprint density at radius 2 is 0.717 bits per heavy atom. The summed E-state index contributed by atoms with van der Waals surface area (Å²) < 4.78 is 0. The molecule has 0 fully saturated rings. The highest BCUT2D eigenvalue weighted by Gasteiger charge is 2.42. The first-order valence-electron chi connectivity index (χ1n) is 20.2. The van der Waals surface area contributed by atoms with Crippen molar-refractivity contribution in [2.45, 2.75) is 231 Å². The van der Waals surface area contributed by atoms with Gasteiger partial charge in [0.1, 0.15) is 11.6 Å². The molecule has 1 atom stereocenters. The number of amides is 1. The normalized spacial score (nSPS) is 12.5. The maximum Gasteiger partial charge on any atom is 0.220 e. The Kier molecular flexibility index (Phi) is 33.2. The van der Waals surface area contributed by atoms with Gasteiger partial charge in [0.05, 0.1) is 13.2 Å². The smallest absolute Gasteiger partial charge is 0.220 e. The number of aliphatic hydroxyl groups excluding tert-OH is 3. The highest BCUT2D eigenvalue weighted by atomic mass is 16.3. The summed E-state index contributed by atoms with van der Waals surface area (Å²) in [6.45, 7) is 3.16. The summed E-state index contributed by atoms with van der Waals surface area (Å²) in [6.07, 6.45) is 36.2. The number of aliphatic hydroxyl groups is 3. The maximum atomic E-state index is 12.7. The first-order valence-corrected chi connectivity index (χ1v) is 20.2. The van der Waals surface area contributed by atoms with Gasteiger partial charge in [-0.3, -0.25) is 9.59 Å². The number of carbonyl (C=O) groups excluding carboxylic acids is 2. The molecule has 0 aromatic rings. The van der Waals surface area contributed by atoms with Crippen LogP contribution >= 0.6 is 0 Å². The molecule has 0 aliphatic carbocycles. The predicted molar refractivity (Wildman–Crippen MR) is 195 cm³/mol. The quantitative estimate of drug-likeness (QED) is 0.0499. The van der Waals surface area contributed by atoms with Crippen molar-refractivity contribution in [3.8, 4) is 0 Å². The van der Waals surface area contributed by atoms with Crippen LogP contribution in [0, 0.1) is 0 Å². The Morgan fingerprint density at radius 1 is 0.457 bits per heavy atom. The van der Waals surface area contributed by atoms with E-state index in [1.54, 1.807) is 0 Å². The summed E-state index contributed by atoms with van der Waals surface area (Å²) in [5, 5.41) is 33.2. The second-order valence-electron chi connectivity index (χ2n) is 14.3. The van der Waals surface area contributed by atoms with Gasteiger partial charge < -0.3 is 20.6 Å². The molecule has 0 aliphatic heterocycles. The molecule has 4 N–H and O–H groups in total. The van der Waals surface area contributed by atoms with Crippen LogP contribution < -0.4 is 5.32 Å². The van der Waals surface area contributed by atoms with E-state index in [9.17, 15) is 24.9 Å². The Hall–Kier alpha value is -0.980. The molecule has 0 aromatic carbocycles. The van der Waals surface area contributed by atoms with E-state index < -0.39 is 30.6 Å². The summed E-state index contributed by atoms with van der Waals surface area (Å²) in [5.74, 6) is -0.762. The lowest BCUT2D eigenvalue weighted by Gasteiger charge is -2.34. The average molecular weight is 654 g/mol. The van der Waals surface area contributed by atoms with Crippen molar-refractivity contribution in [3.05, 3.63) is 0 Å². The summed E-state index contributed by atoms with van der Waals surface area (Å²) in [5.41, 5.74) is -1.72. The fraction of sp³-hybridized carbons (Fsp3) is 0.950. The Labute approximate surface area is 285 Å². The van der Waals surface area contributed by atoms with E-state index in [4.69, 9.17) is 0 Å². The van der Waals surface area contributed by atoms with Crippen molar-refractivity contribution in [2.75, 3.05) is 13.2 Å². The Balaban J connectivity index is 3.90. The third-order valence-corrected chi connectivity index (χ3v) is 9.82. The molecule has 6 nitrogen and oxygen atoms in total. The molecule has 0 aromatic heterocycles. The molecule has 274 valence electrons. The first kappa shape index (κ1) is 45.0. The molecule has 46 heavy (non-hydrogen) atoms. The van der Waals surface area contributed by atoms with Gasteiger partial charge in [0.25, 0.3) is 0 Å². The van der Waals surface area contributed by atoms with E-state index in [1.807, 2.05) is 0 Å². The van der Waals surface area contributed by atoms with Gasteiger partial charge in [-0.05, 0) is 12.8 Å². The average Bonchev–Trinajstić information content (AvgIpc) is 3.06. The molecule has 6 heteroatoms. The van der Waals surface area contributed by atoms with Gasteiger partial charge in [0, 0.05) is 12.8 Å². The van der Waals surface area contributed by atoms with E-state index in [1.165, 1.54) is 154 Å². The van der Waals surface area contributed by atoms with Crippen LogP contribution in [0.5, 0.6) is 0 Å². The molecule has 0 bridgehead atoms. The van der Waals surface area contributed by atoms with E-state index in [0.29, 0.717) is 6.42 Å². The third-order valence-electron chi connectivity index (χ3n) is 9.82.